The van der Waals surface area contributed by atoms with Crippen LogP contribution >= 0.6 is 0 Å². The van der Waals surface area contributed by atoms with E-state index in [9.17, 15) is 9.59 Å². The first kappa shape index (κ1) is 20.1. The fourth-order valence-corrected chi connectivity index (χ4v) is 2.89. The zero-order valence-electron chi connectivity index (χ0n) is 16.7. The SMILES string of the molecule is COC(=O)c1cccc(NC(=O)c2cccc(OCc3c(C)noc3C)c2)c1C. The van der Waals surface area contributed by atoms with Gasteiger partial charge in [0.15, 0.2) is 0 Å². The number of esters is 1. The highest BCUT2D eigenvalue weighted by atomic mass is 16.5. The first-order chi connectivity index (χ1) is 13.9. The van der Waals surface area contributed by atoms with Crippen LogP contribution in [0.2, 0.25) is 0 Å². The summed E-state index contributed by atoms with van der Waals surface area (Å²) >= 11 is 0. The van der Waals surface area contributed by atoms with Gasteiger partial charge in [0, 0.05) is 11.3 Å². The number of aryl methyl sites for hydroxylation is 2. The third kappa shape index (κ3) is 4.45. The van der Waals surface area contributed by atoms with Crippen LogP contribution in [0.3, 0.4) is 0 Å². The minimum atomic E-state index is -0.451. The van der Waals surface area contributed by atoms with Crippen molar-refractivity contribution in [1.82, 2.24) is 5.16 Å². The fraction of sp³-hybridized carbons (Fsp3) is 0.227. The van der Waals surface area contributed by atoms with Crippen LogP contribution in [0.5, 0.6) is 5.75 Å². The van der Waals surface area contributed by atoms with Crippen LogP contribution < -0.4 is 10.1 Å². The van der Waals surface area contributed by atoms with Gasteiger partial charge in [0.25, 0.3) is 5.91 Å². The van der Waals surface area contributed by atoms with Crippen LogP contribution in [0.15, 0.2) is 47.0 Å². The van der Waals surface area contributed by atoms with Crippen LogP contribution in [-0.4, -0.2) is 24.1 Å². The second kappa shape index (κ2) is 8.60. The van der Waals surface area contributed by atoms with Gasteiger partial charge in [-0.05, 0) is 56.7 Å². The summed E-state index contributed by atoms with van der Waals surface area (Å²) in [6.45, 7) is 5.73. The van der Waals surface area contributed by atoms with Gasteiger partial charge >= 0.3 is 5.97 Å². The molecule has 3 aromatic rings. The summed E-state index contributed by atoms with van der Waals surface area (Å²) in [6, 6.07) is 12.0. The second-order valence-electron chi connectivity index (χ2n) is 6.54. The average molecular weight is 394 g/mol. The van der Waals surface area contributed by atoms with Crippen molar-refractivity contribution in [2.75, 3.05) is 12.4 Å². The Kier molecular flexibility index (Phi) is 5.97. The second-order valence-corrected chi connectivity index (χ2v) is 6.54. The van der Waals surface area contributed by atoms with Crippen LogP contribution in [-0.2, 0) is 11.3 Å². The largest absolute Gasteiger partial charge is 0.489 e. The van der Waals surface area contributed by atoms with E-state index >= 15 is 0 Å². The van der Waals surface area contributed by atoms with E-state index in [1.807, 2.05) is 13.8 Å². The van der Waals surface area contributed by atoms with Crippen LogP contribution in [0.1, 0.15) is 43.3 Å². The predicted octanol–water partition coefficient (Wildman–Crippen LogP) is 4.22. The zero-order chi connectivity index (χ0) is 21.0. The Morgan fingerprint density at radius 1 is 1.10 bits per heavy atom. The molecule has 0 spiro atoms. The smallest absolute Gasteiger partial charge is 0.338 e. The standard InChI is InChI=1S/C22H22N2O5/c1-13-18(22(26)27-4)9-6-10-20(13)23-21(25)16-7-5-8-17(11-16)28-12-19-14(2)24-29-15(19)3/h5-11H,12H2,1-4H3,(H,23,25). The molecule has 1 aromatic heterocycles. The summed E-state index contributed by atoms with van der Waals surface area (Å²) in [7, 11) is 1.32. The summed E-state index contributed by atoms with van der Waals surface area (Å²) in [5.74, 6) is 0.501. The average Bonchev–Trinajstić information content (AvgIpc) is 3.05. The number of anilines is 1. The number of methoxy groups -OCH3 is 1. The minimum Gasteiger partial charge on any atom is -0.489 e. The van der Waals surface area contributed by atoms with Crippen LogP contribution in [0.4, 0.5) is 5.69 Å². The topological polar surface area (TPSA) is 90.7 Å². The molecule has 0 aliphatic heterocycles. The number of hydrogen-bond donors (Lipinski definition) is 1. The summed E-state index contributed by atoms with van der Waals surface area (Å²) in [6.07, 6.45) is 0. The Hall–Kier alpha value is -3.61. The molecule has 1 heterocycles. The van der Waals surface area contributed by atoms with Gasteiger partial charge < -0.3 is 19.3 Å². The number of carbonyl (C=O) groups excluding carboxylic acids is 2. The van der Waals surface area contributed by atoms with Gasteiger partial charge in [-0.25, -0.2) is 4.79 Å². The molecule has 150 valence electrons. The van der Waals surface area contributed by atoms with Crippen molar-refractivity contribution >= 4 is 17.6 Å². The molecule has 1 N–H and O–H groups in total. The minimum absolute atomic E-state index is 0.298. The molecule has 1 amide bonds. The molecular formula is C22H22N2O5. The molecule has 3 rings (SSSR count). The number of carbonyl (C=O) groups is 2. The lowest BCUT2D eigenvalue weighted by atomic mass is 10.1. The number of amides is 1. The molecule has 0 unspecified atom stereocenters. The van der Waals surface area contributed by atoms with Gasteiger partial charge in [-0.1, -0.05) is 17.3 Å². The Morgan fingerprint density at radius 2 is 1.86 bits per heavy atom. The highest BCUT2D eigenvalue weighted by Crippen LogP contribution is 2.22. The van der Waals surface area contributed by atoms with E-state index in [1.165, 1.54) is 7.11 Å². The van der Waals surface area contributed by atoms with E-state index in [1.54, 1.807) is 49.4 Å². The quantitative estimate of drug-likeness (QED) is 0.630. The monoisotopic (exact) mass is 394 g/mol. The van der Waals surface area contributed by atoms with Gasteiger partial charge in [-0.15, -0.1) is 0 Å². The Labute approximate surface area is 168 Å². The summed E-state index contributed by atoms with van der Waals surface area (Å²) in [5, 5.41) is 6.74. The fourth-order valence-electron chi connectivity index (χ4n) is 2.89. The first-order valence-electron chi connectivity index (χ1n) is 9.04. The van der Waals surface area contributed by atoms with Crippen molar-refractivity contribution in [3.8, 4) is 5.75 Å². The molecule has 29 heavy (non-hydrogen) atoms. The number of hydrogen-bond acceptors (Lipinski definition) is 6. The molecule has 0 saturated carbocycles. The molecular weight excluding hydrogens is 372 g/mol. The van der Waals surface area contributed by atoms with Crippen molar-refractivity contribution in [2.24, 2.45) is 0 Å². The number of nitrogens with zero attached hydrogens (tertiary/aromatic N) is 1. The number of benzene rings is 2. The maximum atomic E-state index is 12.7. The lowest BCUT2D eigenvalue weighted by molar-refractivity contribution is 0.0599. The molecule has 0 bridgehead atoms. The normalized spacial score (nSPS) is 10.5. The molecule has 7 nitrogen and oxygen atoms in total. The molecule has 0 aliphatic carbocycles. The highest BCUT2D eigenvalue weighted by molar-refractivity contribution is 6.05. The van der Waals surface area contributed by atoms with Crippen LogP contribution in [0, 0.1) is 20.8 Å². The van der Waals surface area contributed by atoms with E-state index in [0.717, 1.165) is 11.3 Å². The van der Waals surface area contributed by atoms with Crippen molar-refractivity contribution < 1.29 is 23.6 Å². The van der Waals surface area contributed by atoms with Crippen molar-refractivity contribution in [2.45, 2.75) is 27.4 Å². The Morgan fingerprint density at radius 3 is 2.55 bits per heavy atom. The van der Waals surface area contributed by atoms with Crippen molar-refractivity contribution in [3.05, 3.63) is 76.2 Å². The van der Waals surface area contributed by atoms with Gasteiger partial charge in [0.2, 0.25) is 0 Å². The number of aromatic nitrogens is 1. The van der Waals surface area contributed by atoms with Gasteiger partial charge in [-0.3, -0.25) is 4.79 Å². The van der Waals surface area contributed by atoms with Crippen molar-refractivity contribution in [3.63, 3.8) is 0 Å². The maximum Gasteiger partial charge on any atom is 0.338 e. The molecule has 7 heteroatoms. The van der Waals surface area contributed by atoms with Gasteiger partial charge in [-0.2, -0.15) is 0 Å². The van der Waals surface area contributed by atoms with E-state index in [2.05, 4.69) is 10.5 Å². The summed E-state index contributed by atoms with van der Waals surface area (Å²) in [4.78, 5) is 24.5. The molecule has 0 saturated heterocycles. The molecule has 0 fully saturated rings. The molecule has 2 aromatic carbocycles. The number of nitrogens with one attached hydrogen (secondary N) is 1. The molecule has 0 radical (unpaired) electrons. The van der Waals surface area contributed by atoms with Gasteiger partial charge in [0.05, 0.1) is 23.9 Å². The molecule has 0 atom stereocenters. The van der Waals surface area contributed by atoms with E-state index in [4.69, 9.17) is 14.0 Å². The number of ether oxygens (including phenoxy) is 2. The zero-order valence-corrected chi connectivity index (χ0v) is 16.7. The lowest BCUT2D eigenvalue weighted by Gasteiger charge is -2.12. The molecule has 0 aliphatic rings. The maximum absolute atomic E-state index is 12.7. The van der Waals surface area contributed by atoms with Crippen molar-refractivity contribution in [1.29, 1.82) is 0 Å². The van der Waals surface area contributed by atoms with E-state index in [-0.39, 0.29) is 5.91 Å². The Balaban J connectivity index is 1.74. The first-order valence-corrected chi connectivity index (χ1v) is 9.04. The van der Waals surface area contributed by atoms with Gasteiger partial charge in [0.1, 0.15) is 18.1 Å². The predicted molar refractivity (Wildman–Crippen MR) is 107 cm³/mol. The third-order valence-corrected chi connectivity index (χ3v) is 4.65. The number of rotatable bonds is 6. The van der Waals surface area contributed by atoms with E-state index < -0.39 is 5.97 Å². The lowest BCUT2D eigenvalue weighted by Crippen LogP contribution is -2.14. The Bertz CT molecular complexity index is 1040. The summed E-state index contributed by atoms with van der Waals surface area (Å²) < 4.78 is 15.7. The van der Waals surface area contributed by atoms with Crippen LogP contribution in [0.25, 0.3) is 0 Å². The highest BCUT2D eigenvalue weighted by Gasteiger charge is 2.15. The summed E-state index contributed by atoms with van der Waals surface area (Å²) in [5.41, 5.74) is 3.68. The third-order valence-electron chi connectivity index (χ3n) is 4.65. The van der Waals surface area contributed by atoms with E-state index in [0.29, 0.717) is 40.5 Å².